The molecule has 278 valence electrons. The molecule has 2 saturated carbocycles. The van der Waals surface area contributed by atoms with Gasteiger partial charge < -0.3 is 24.4 Å². The Labute approximate surface area is 299 Å². The second kappa shape index (κ2) is 13.6. The van der Waals surface area contributed by atoms with Gasteiger partial charge in [0.05, 0.1) is 18.9 Å². The Morgan fingerprint density at radius 3 is 2.37 bits per heavy atom. The first-order chi connectivity index (χ1) is 23.7. The zero-order valence-corrected chi connectivity index (χ0v) is 31.3. The number of methoxy groups -OCH3 is 1. The predicted octanol–water partition coefficient (Wildman–Crippen LogP) is 3.54. The van der Waals surface area contributed by atoms with Gasteiger partial charge in [-0.1, -0.05) is 26.8 Å². The molecule has 2 aromatic rings. The Morgan fingerprint density at radius 2 is 1.80 bits per heavy atom. The molecule has 2 aliphatic carbocycles. The molecule has 0 radical (unpaired) electrons. The van der Waals surface area contributed by atoms with Crippen LogP contribution in [0.3, 0.4) is 0 Å². The number of fused-ring (bicyclic) bond motifs is 1. The molecule has 5 atom stereocenters. The van der Waals surface area contributed by atoms with Crippen molar-refractivity contribution in [2.24, 2.45) is 11.3 Å². The van der Waals surface area contributed by atoms with Gasteiger partial charge in [0.2, 0.25) is 27.7 Å². The van der Waals surface area contributed by atoms with Crippen LogP contribution < -0.4 is 19.5 Å². The van der Waals surface area contributed by atoms with Crippen LogP contribution in [0, 0.1) is 11.3 Å². The molecule has 0 spiro atoms. The van der Waals surface area contributed by atoms with E-state index in [0.717, 1.165) is 5.39 Å². The highest BCUT2D eigenvalue weighted by molar-refractivity contribution is 7.91. The smallest absolute Gasteiger partial charge is 0.410 e. The summed E-state index contributed by atoms with van der Waals surface area (Å²) in [5.41, 5.74) is -3.18. The monoisotopic (exact) mass is 727 g/mol. The number of hydrogen-bond donors (Lipinski definition) is 2. The van der Waals surface area contributed by atoms with E-state index in [2.05, 4.69) is 21.6 Å². The molecule has 2 heterocycles. The van der Waals surface area contributed by atoms with Gasteiger partial charge in [0, 0.05) is 31.0 Å². The lowest BCUT2D eigenvalue weighted by Crippen LogP contribution is -2.60. The molecule has 5 rings (SSSR count). The Morgan fingerprint density at radius 1 is 1.12 bits per heavy atom. The van der Waals surface area contributed by atoms with Crippen LogP contribution in [-0.4, -0.2) is 102 Å². The van der Waals surface area contributed by atoms with Gasteiger partial charge in [-0.15, -0.1) is 6.58 Å². The molecule has 14 nitrogen and oxygen atoms in total. The lowest BCUT2D eigenvalue weighted by molar-refractivity contribution is -0.146. The van der Waals surface area contributed by atoms with E-state index in [0.29, 0.717) is 29.9 Å². The molecule has 15 heteroatoms. The van der Waals surface area contributed by atoms with Crippen molar-refractivity contribution in [2.45, 2.75) is 102 Å². The lowest BCUT2D eigenvalue weighted by atomic mass is 9.84. The molecule has 3 fully saturated rings. The maximum atomic E-state index is 14.6. The standard InChI is InChI=1S/C36H49N5O9S/c1-10-22-19-36(22,32(44)39-51(46,47)25-12-13-25)38-29(42)27-18-24(49-30-26-14-11-23(48-9)17-21(26)15-16-37-30)20-41(27)31(43)28(34(2,3)4)40(8)33(45)50-35(5,6)7/h10-11,14-17,22,24-25,27-28H,1,12-13,18-20H2,2-9H3,(H,38,42)(H,39,44)/t22-,24-,27+,28-,36-/m1/s1. The minimum atomic E-state index is -3.90. The topological polar surface area (TPSA) is 174 Å². The van der Waals surface area contributed by atoms with E-state index in [4.69, 9.17) is 14.2 Å². The van der Waals surface area contributed by atoms with E-state index < -0.39 is 79.7 Å². The predicted molar refractivity (Wildman–Crippen MR) is 189 cm³/mol. The zero-order chi connectivity index (χ0) is 37.7. The number of nitrogens with one attached hydrogen (secondary N) is 2. The number of amides is 4. The van der Waals surface area contributed by atoms with Crippen LogP contribution in [0.15, 0.2) is 43.1 Å². The largest absolute Gasteiger partial charge is 0.497 e. The Balaban J connectivity index is 1.47. The number of rotatable bonds is 11. The Kier molecular flexibility index (Phi) is 10.1. The van der Waals surface area contributed by atoms with Crippen molar-refractivity contribution in [1.82, 2.24) is 24.8 Å². The average molecular weight is 728 g/mol. The van der Waals surface area contributed by atoms with Gasteiger partial charge in [-0.05, 0) is 75.1 Å². The van der Waals surface area contributed by atoms with Crippen LogP contribution in [0.2, 0.25) is 0 Å². The molecule has 3 aliphatic rings. The van der Waals surface area contributed by atoms with Crippen molar-refractivity contribution in [2.75, 3.05) is 20.7 Å². The Bertz CT molecular complexity index is 1830. The van der Waals surface area contributed by atoms with E-state index in [9.17, 15) is 27.6 Å². The van der Waals surface area contributed by atoms with E-state index >= 15 is 0 Å². The fourth-order valence-electron chi connectivity index (χ4n) is 6.61. The summed E-state index contributed by atoms with van der Waals surface area (Å²) < 4.78 is 44.9. The van der Waals surface area contributed by atoms with Gasteiger partial charge in [-0.2, -0.15) is 0 Å². The summed E-state index contributed by atoms with van der Waals surface area (Å²) in [5.74, 6) is -1.61. The highest BCUT2D eigenvalue weighted by Crippen LogP contribution is 2.45. The molecule has 1 aliphatic heterocycles. The number of pyridine rings is 1. The molecule has 0 unspecified atom stereocenters. The first-order valence-electron chi connectivity index (χ1n) is 17.1. The van der Waals surface area contributed by atoms with Crippen LogP contribution in [0.1, 0.15) is 67.2 Å². The SMILES string of the molecule is C=C[C@@H]1C[C@]1(NC(=O)[C@@H]1C[C@@H](Oc2nccc3cc(OC)ccc23)CN1C(=O)[C@@H](N(C)C(=O)OC(C)(C)C)C(C)(C)C)C(=O)NS(=O)(=O)C1CC1. The van der Waals surface area contributed by atoms with Crippen molar-refractivity contribution < 1.29 is 41.8 Å². The van der Waals surface area contributed by atoms with Gasteiger partial charge in [-0.25, -0.2) is 18.2 Å². The van der Waals surface area contributed by atoms with Gasteiger partial charge >= 0.3 is 6.09 Å². The van der Waals surface area contributed by atoms with Gasteiger partial charge in [-0.3, -0.25) is 24.0 Å². The zero-order valence-electron chi connectivity index (χ0n) is 30.5. The second-order valence-corrected chi connectivity index (χ2v) is 17.7. The van der Waals surface area contributed by atoms with Crippen LogP contribution >= 0.6 is 0 Å². The second-order valence-electron chi connectivity index (χ2n) is 15.7. The van der Waals surface area contributed by atoms with Crippen LogP contribution in [0.5, 0.6) is 11.6 Å². The van der Waals surface area contributed by atoms with Gasteiger partial charge in [0.15, 0.2) is 0 Å². The number of aromatic nitrogens is 1. The maximum absolute atomic E-state index is 14.6. The number of carbonyl (C=O) groups excluding carboxylic acids is 4. The number of likely N-dealkylation sites (tertiary alicyclic amines) is 1. The number of hydrogen-bond acceptors (Lipinski definition) is 10. The third-order valence-electron chi connectivity index (χ3n) is 9.43. The van der Waals surface area contributed by atoms with Crippen molar-refractivity contribution in [3.8, 4) is 11.6 Å². The van der Waals surface area contributed by atoms with E-state index in [1.165, 1.54) is 22.9 Å². The molecule has 0 bridgehead atoms. The molecular weight excluding hydrogens is 678 g/mol. The summed E-state index contributed by atoms with van der Waals surface area (Å²) in [7, 11) is -0.850. The normalized spacial score (nSPS) is 23.9. The number of ether oxygens (including phenoxy) is 3. The molecular formula is C36H49N5O9S. The summed E-state index contributed by atoms with van der Waals surface area (Å²) >= 11 is 0. The summed E-state index contributed by atoms with van der Waals surface area (Å²) in [5, 5.41) is 3.66. The third-order valence-corrected chi connectivity index (χ3v) is 11.3. The van der Waals surface area contributed by atoms with Gasteiger partial charge in [0.25, 0.3) is 5.91 Å². The highest BCUT2D eigenvalue weighted by Gasteiger charge is 2.62. The summed E-state index contributed by atoms with van der Waals surface area (Å²) in [6, 6.07) is 5.02. The van der Waals surface area contributed by atoms with Crippen molar-refractivity contribution in [3.05, 3.63) is 43.1 Å². The highest BCUT2D eigenvalue weighted by atomic mass is 32.2. The quantitative estimate of drug-likeness (QED) is 0.326. The maximum Gasteiger partial charge on any atom is 0.410 e. The van der Waals surface area contributed by atoms with Crippen molar-refractivity contribution in [3.63, 3.8) is 0 Å². The Hall–Kier alpha value is -4.40. The van der Waals surface area contributed by atoms with Gasteiger partial charge in [0.1, 0.15) is 35.1 Å². The fourth-order valence-corrected chi connectivity index (χ4v) is 7.98. The molecule has 2 N–H and O–H groups in total. The first-order valence-corrected chi connectivity index (χ1v) is 18.6. The molecule has 1 saturated heterocycles. The van der Waals surface area contributed by atoms with E-state index in [1.54, 1.807) is 40.1 Å². The lowest BCUT2D eigenvalue weighted by Gasteiger charge is -2.40. The van der Waals surface area contributed by atoms with E-state index in [1.807, 2.05) is 39.0 Å². The van der Waals surface area contributed by atoms with Crippen molar-refractivity contribution >= 4 is 44.6 Å². The molecule has 51 heavy (non-hydrogen) atoms. The number of likely N-dealkylation sites (N-methyl/N-ethyl adjacent to an activating group) is 1. The fraction of sp³-hybridized carbons (Fsp3) is 0.583. The average Bonchev–Trinajstić information content (AvgIpc) is 3.96. The number of benzene rings is 1. The third kappa shape index (κ3) is 8.08. The van der Waals surface area contributed by atoms with Crippen LogP contribution in [-0.2, 0) is 29.1 Å². The van der Waals surface area contributed by atoms with Crippen molar-refractivity contribution in [1.29, 1.82) is 0 Å². The molecule has 4 amide bonds. The molecule has 1 aromatic heterocycles. The summed E-state index contributed by atoms with van der Waals surface area (Å²) in [4.78, 5) is 62.7. The summed E-state index contributed by atoms with van der Waals surface area (Å²) in [6.07, 6.45) is 2.74. The van der Waals surface area contributed by atoms with Crippen LogP contribution in [0.25, 0.3) is 10.8 Å². The first kappa shape index (κ1) is 37.8. The van der Waals surface area contributed by atoms with Crippen LogP contribution in [0.4, 0.5) is 4.79 Å². The summed E-state index contributed by atoms with van der Waals surface area (Å²) in [6.45, 7) is 14.3. The number of sulfonamides is 1. The van der Waals surface area contributed by atoms with E-state index in [-0.39, 0.29) is 19.4 Å². The number of carbonyl (C=O) groups is 4. The minimum Gasteiger partial charge on any atom is -0.497 e. The number of nitrogens with zero attached hydrogens (tertiary/aromatic N) is 3. The molecule has 1 aromatic carbocycles. The minimum absolute atomic E-state index is 0.0235.